The highest BCUT2D eigenvalue weighted by Crippen LogP contribution is 2.09. The van der Waals surface area contributed by atoms with Crippen LogP contribution >= 0.6 is 0 Å². The molecule has 7 heteroatoms. The molecule has 0 saturated heterocycles. The number of aromatic nitrogens is 1. The fourth-order valence-electron chi connectivity index (χ4n) is 1.54. The Balaban J connectivity index is 2.72. The van der Waals surface area contributed by atoms with E-state index >= 15 is 0 Å². The van der Waals surface area contributed by atoms with Crippen molar-refractivity contribution in [2.24, 2.45) is 0 Å². The summed E-state index contributed by atoms with van der Waals surface area (Å²) in [6, 6.07) is 2.41. The zero-order valence-corrected chi connectivity index (χ0v) is 11.8. The monoisotopic (exact) mass is 281 g/mol. The number of carbonyl (C=O) groups is 2. The van der Waals surface area contributed by atoms with Gasteiger partial charge in [-0.1, -0.05) is 0 Å². The molecule has 0 saturated carbocycles. The van der Waals surface area contributed by atoms with Crippen molar-refractivity contribution in [2.75, 3.05) is 33.1 Å². The zero-order chi connectivity index (χ0) is 15.1. The summed E-state index contributed by atoms with van der Waals surface area (Å²) in [7, 11) is 4.82. The molecule has 0 bridgehead atoms. The molecule has 0 aliphatic rings. The summed E-state index contributed by atoms with van der Waals surface area (Å²) >= 11 is 0. The Morgan fingerprint density at radius 1 is 1.45 bits per heavy atom. The lowest BCUT2D eigenvalue weighted by molar-refractivity contribution is -0.138. The van der Waals surface area contributed by atoms with Gasteiger partial charge in [-0.05, 0) is 12.1 Å². The number of carboxylic acids is 1. The molecule has 0 aliphatic heterocycles. The van der Waals surface area contributed by atoms with Crippen LogP contribution in [0.5, 0.6) is 0 Å². The summed E-state index contributed by atoms with van der Waals surface area (Å²) in [6.07, 6.45) is 1.74. The molecule has 0 aliphatic carbocycles. The molecule has 7 nitrogen and oxygen atoms in total. The van der Waals surface area contributed by atoms with Crippen LogP contribution in [0, 0.1) is 0 Å². The van der Waals surface area contributed by atoms with Gasteiger partial charge in [-0.3, -0.25) is 4.79 Å². The molecular formula is C13H19N3O4. The highest BCUT2D eigenvalue weighted by atomic mass is 16.5. The van der Waals surface area contributed by atoms with Crippen LogP contribution in [0.3, 0.4) is 0 Å². The first kappa shape index (κ1) is 15.9. The van der Waals surface area contributed by atoms with Crippen molar-refractivity contribution in [2.45, 2.75) is 12.5 Å². The number of anilines is 1. The number of methoxy groups -OCH3 is 1. The second-order valence-electron chi connectivity index (χ2n) is 4.45. The topological polar surface area (TPSA) is 91.8 Å². The van der Waals surface area contributed by atoms with Gasteiger partial charge in [0.25, 0.3) is 5.91 Å². The summed E-state index contributed by atoms with van der Waals surface area (Å²) < 4.78 is 4.86. The van der Waals surface area contributed by atoms with Crippen LogP contribution in [0.25, 0.3) is 0 Å². The van der Waals surface area contributed by atoms with Crippen molar-refractivity contribution < 1.29 is 19.4 Å². The van der Waals surface area contributed by atoms with Crippen LogP contribution in [-0.2, 0) is 9.53 Å². The van der Waals surface area contributed by atoms with Crippen LogP contribution < -0.4 is 5.32 Å². The first-order chi connectivity index (χ1) is 9.45. The fourth-order valence-corrected chi connectivity index (χ4v) is 1.54. The number of nitrogens with zero attached hydrogens (tertiary/aromatic N) is 2. The molecule has 0 spiro atoms. The second-order valence-corrected chi connectivity index (χ2v) is 4.45. The van der Waals surface area contributed by atoms with Crippen molar-refractivity contribution >= 4 is 17.7 Å². The van der Waals surface area contributed by atoms with Crippen LogP contribution in [0.4, 0.5) is 5.82 Å². The molecule has 1 heterocycles. The van der Waals surface area contributed by atoms with Gasteiger partial charge in [0, 0.05) is 40.4 Å². The van der Waals surface area contributed by atoms with E-state index in [1.807, 2.05) is 0 Å². The predicted octanol–water partition coefficient (Wildman–Crippen LogP) is 0.685. The standard InChI is InChI=1S/C13H19N3O4/c1-16(2)12(17)9-4-5-11(14-8-9)15-10(13(18)19)6-7-20-3/h4-5,8,10H,6-7H2,1-3H3,(H,14,15)(H,18,19). The number of hydrogen-bond acceptors (Lipinski definition) is 5. The SMILES string of the molecule is COCCC(Nc1ccc(C(=O)N(C)C)cn1)C(=O)O. The fraction of sp³-hybridized carbons (Fsp3) is 0.462. The lowest BCUT2D eigenvalue weighted by Gasteiger charge is -2.15. The molecule has 2 N–H and O–H groups in total. The molecule has 0 fully saturated rings. The minimum absolute atomic E-state index is 0.154. The molecule has 20 heavy (non-hydrogen) atoms. The number of pyridine rings is 1. The first-order valence-electron chi connectivity index (χ1n) is 6.11. The maximum atomic E-state index is 11.7. The molecule has 0 radical (unpaired) electrons. The van der Waals surface area contributed by atoms with Crippen LogP contribution in [0.1, 0.15) is 16.8 Å². The Bertz CT molecular complexity index is 459. The Labute approximate surface area is 117 Å². The van der Waals surface area contributed by atoms with Crippen molar-refractivity contribution in [1.82, 2.24) is 9.88 Å². The van der Waals surface area contributed by atoms with Crippen LogP contribution in [-0.4, -0.2) is 60.7 Å². The number of hydrogen-bond donors (Lipinski definition) is 2. The maximum Gasteiger partial charge on any atom is 0.326 e. The quantitative estimate of drug-likeness (QED) is 0.764. The minimum Gasteiger partial charge on any atom is -0.480 e. The lowest BCUT2D eigenvalue weighted by Crippen LogP contribution is -2.31. The van der Waals surface area contributed by atoms with E-state index in [-0.39, 0.29) is 5.91 Å². The van der Waals surface area contributed by atoms with E-state index in [1.165, 1.54) is 18.2 Å². The Hall–Kier alpha value is -2.15. The van der Waals surface area contributed by atoms with Crippen LogP contribution in [0.2, 0.25) is 0 Å². The molecule has 1 unspecified atom stereocenters. The van der Waals surface area contributed by atoms with Gasteiger partial charge in [0.15, 0.2) is 0 Å². The summed E-state index contributed by atoms with van der Waals surface area (Å²) in [5.41, 5.74) is 0.448. The van der Waals surface area contributed by atoms with E-state index in [4.69, 9.17) is 9.84 Å². The number of aliphatic carboxylic acids is 1. The minimum atomic E-state index is -0.975. The number of ether oxygens (including phenoxy) is 1. The maximum absolute atomic E-state index is 11.7. The third-order valence-electron chi connectivity index (χ3n) is 2.65. The third kappa shape index (κ3) is 4.51. The van der Waals surface area contributed by atoms with Crippen LogP contribution in [0.15, 0.2) is 18.3 Å². The third-order valence-corrected chi connectivity index (χ3v) is 2.65. The highest BCUT2D eigenvalue weighted by Gasteiger charge is 2.17. The van der Waals surface area contributed by atoms with Gasteiger partial charge >= 0.3 is 5.97 Å². The van der Waals surface area contributed by atoms with Crippen molar-refractivity contribution in [3.63, 3.8) is 0 Å². The molecular weight excluding hydrogens is 262 g/mol. The average Bonchev–Trinajstić information content (AvgIpc) is 2.42. The van der Waals surface area contributed by atoms with Gasteiger partial charge in [0.2, 0.25) is 0 Å². The smallest absolute Gasteiger partial charge is 0.326 e. The molecule has 110 valence electrons. The summed E-state index contributed by atoms with van der Waals surface area (Å²) in [6.45, 7) is 0.334. The number of carbonyl (C=O) groups excluding carboxylic acids is 1. The number of carboxylic acid groups (broad SMARTS) is 1. The van der Waals surface area contributed by atoms with E-state index in [9.17, 15) is 9.59 Å². The van der Waals surface area contributed by atoms with E-state index in [0.29, 0.717) is 24.4 Å². The van der Waals surface area contributed by atoms with Gasteiger partial charge < -0.3 is 20.1 Å². The summed E-state index contributed by atoms with van der Waals surface area (Å²) in [4.78, 5) is 28.2. The molecule has 1 rings (SSSR count). The summed E-state index contributed by atoms with van der Waals surface area (Å²) in [5, 5.41) is 11.9. The van der Waals surface area contributed by atoms with Crippen molar-refractivity contribution in [1.29, 1.82) is 0 Å². The van der Waals surface area contributed by atoms with E-state index < -0.39 is 12.0 Å². The number of nitrogens with one attached hydrogen (secondary N) is 1. The molecule has 0 aromatic carbocycles. The number of amides is 1. The molecule has 1 amide bonds. The molecule has 1 atom stereocenters. The largest absolute Gasteiger partial charge is 0.480 e. The van der Waals surface area contributed by atoms with E-state index in [2.05, 4.69) is 10.3 Å². The van der Waals surface area contributed by atoms with E-state index in [1.54, 1.807) is 26.2 Å². The highest BCUT2D eigenvalue weighted by molar-refractivity contribution is 5.93. The zero-order valence-electron chi connectivity index (χ0n) is 11.8. The van der Waals surface area contributed by atoms with Gasteiger partial charge in [-0.25, -0.2) is 9.78 Å². The van der Waals surface area contributed by atoms with Crippen molar-refractivity contribution in [3.8, 4) is 0 Å². The molecule has 1 aromatic heterocycles. The summed E-state index contributed by atoms with van der Waals surface area (Å²) in [5.74, 6) is -0.723. The Morgan fingerprint density at radius 3 is 2.60 bits per heavy atom. The van der Waals surface area contributed by atoms with Gasteiger partial charge in [-0.2, -0.15) is 0 Å². The van der Waals surface area contributed by atoms with Crippen molar-refractivity contribution in [3.05, 3.63) is 23.9 Å². The predicted molar refractivity (Wildman–Crippen MR) is 73.8 cm³/mol. The number of rotatable bonds is 7. The lowest BCUT2D eigenvalue weighted by atomic mass is 10.2. The van der Waals surface area contributed by atoms with Gasteiger partial charge in [-0.15, -0.1) is 0 Å². The Kier molecular flexibility index (Phi) is 5.92. The second kappa shape index (κ2) is 7.44. The Morgan fingerprint density at radius 2 is 2.15 bits per heavy atom. The van der Waals surface area contributed by atoms with Gasteiger partial charge in [0.1, 0.15) is 11.9 Å². The van der Waals surface area contributed by atoms with Gasteiger partial charge in [0.05, 0.1) is 5.56 Å². The van der Waals surface area contributed by atoms with E-state index in [0.717, 1.165) is 0 Å². The normalized spacial score (nSPS) is 11.8. The average molecular weight is 281 g/mol. The first-order valence-corrected chi connectivity index (χ1v) is 6.11. The molecule has 1 aromatic rings.